The van der Waals surface area contributed by atoms with Crippen LogP contribution in [0.2, 0.25) is 0 Å². The fourth-order valence-electron chi connectivity index (χ4n) is 2.50. The van der Waals surface area contributed by atoms with Gasteiger partial charge in [-0.3, -0.25) is 9.89 Å². The predicted octanol–water partition coefficient (Wildman–Crippen LogP) is 3.90. The van der Waals surface area contributed by atoms with Crippen LogP contribution in [0.4, 0.5) is 19.0 Å². The molecule has 4 nitrogen and oxygen atoms in total. The van der Waals surface area contributed by atoms with Crippen LogP contribution in [-0.2, 0) is 11.0 Å². The predicted molar refractivity (Wildman–Crippen MR) is 82.3 cm³/mol. The zero-order valence-corrected chi connectivity index (χ0v) is 13.2. The summed E-state index contributed by atoms with van der Waals surface area (Å²) in [6.07, 6.45) is -4.36. The van der Waals surface area contributed by atoms with Crippen molar-refractivity contribution in [1.29, 1.82) is 0 Å². The number of fused-ring (bicyclic) bond motifs is 1. The van der Waals surface area contributed by atoms with Crippen LogP contribution >= 0.6 is 11.8 Å². The fourth-order valence-corrected chi connectivity index (χ4v) is 3.83. The number of carbonyl (C=O) groups is 1. The summed E-state index contributed by atoms with van der Waals surface area (Å²) in [5.41, 5.74) is 1.60. The topological polar surface area (TPSA) is 57.8 Å². The summed E-state index contributed by atoms with van der Waals surface area (Å²) in [6, 6.07) is 5.05. The molecule has 2 aromatic rings. The molecule has 3 rings (SSSR count). The van der Waals surface area contributed by atoms with E-state index < -0.39 is 11.7 Å². The Morgan fingerprint density at radius 3 is 2.48 bits per heavy atom. The van der Waals surface area contributed by atoms with Crippen molar-refractivity contribution >= 4 is 23.5 Å². The maximum absolute atomic E-state index is 12.7. The van der Waals surface area contributed by atoms with Gasteiger partial charge in [0.2, 0.25) is 5.91 Å². The number of aryl methyl sites for hydroxylation is 1. The highest BCUT2D eigenvalue weighted by Gasteiger charge is 2.34. The number of aromatic nitrogens is 2. The monoisotopic (exact) mass is 341 g/mol. The Balaban J connectivity index is 2.04. The lowest BCUT2D eigenvalue weighted by atomic mass is 10.0. The minimum Gasteiger partial charge on any atom is -0.308 e. The van der Waals surface area contributed by atoms with Crippen molar-refractivity contribution in [2.45, 2.75) is 30.5 Å². The highest BCUT2D eigenvalue weighted by molar-refractivity contribution is 8.01. The van der Waals surface area contributed by atoms with Crippen molar-refractivity contribution in [1.82, 2.24) is 10.2 Å². The number of rotatable bonds is 1. The number of carbonyl (C=O) groups excluding carboxylic acids is 1. The molecule has 2 heterocycles. The van der Waals surface area contributed by atoms with Gasteiger partial charge in [-0.25, -0.2) is 0 Å². The molecule has 1 aromatic heterocycles. The van der Waals surface area contributed by atoms with Gasteiger partial charge in [-0.15, -0.1) is 11.8 Å². The second-order valence-corrected chi connectivity index (χ2v) is 6.83. The molecule has 2 N–H and O–H groups in total. The first-order chi connectivity index (χ1) is 10.8. The number of hydrogen-bond acceptors (Lipinski definition) is 3. The summed E-state index contributed by atoms with van der Waals surface area (Å²) < 4.78 is 38.2. The van der Waals surface area contributed by atoms with Crippen molar-refractivity contribution in [2.75, 3.05) is 5.32 Å². The Kier molecular flexibility index (Phi) is 3.87. The average molecular weight is 341 g/mol. The Morgan fingerprint density at radius 1 is 1.22 bits per heavy atom. The fraction of sp³-hybridized carbons (Fsp3) is 0.333. The summed E-state index contributed by atoms with van der Waals surface area (Å²) in [5, 5.41) is 9.05. The second-order valence-electron chi connectivity index (χ2n) is 5.38. The minimum atomic E-state index is -4.36. The third-order valence-corrected chi connectivity index (χ3v) is 5.15. The van der Waals surface area contributed by atoms with Gasteiger partial charge in [0.1, 0.15) is 0 Å². The van der Waals surface area contributed by atoms with Gasteiger partial charge in [0.25, 0.3) is 0 Å². The number of halogens is 3. The van der Waals surface area contributed by atoms with E-state index in [1.54, 1.807) is 6.92 Å². The third kappa shape index (κ3) is 2.95. The molecule has 1 aliphatic heterocycles. The van der Waals surface area contributed by atoms with E-state index in [1.807, 2.05) is 6.92 Å². The number of nitrogens with zero attached hydrogens (tertiary/aromatic N) is 1. The number of amides is 1. The van der Waals surface area contributed by atoms with E-state index in [0.717, 1.165) is 23.4 Å². The van der Waals surface area contributed by atoms with Crippen molar-refractivity contribution < 1.29 is 18.0 Å². The molecule has 1 amide bonds. The summed E-state index contributed by atoms with van der Waals surface area (Å²) in [6.45, 7) is 3.59. The molecule has 0 fully saturated rings. The Labute approximate surface area is 134 Å². The SMILES string of the molecule is Cc1[nH]nc2c1[C@H](c1ccc(C(F)(F)F)cc1)S[C@H](C)C(=O)N2. The van der Waals surface area contributed by atoms with Crippen molar-refractivity contribution in [3.8, 4) is 0 Å². The lowest BCUT2D eigenvalue weighted by molar-refractivity contribution is -0.137. The first-order valence-electron chi connectivity index (χ1n) is 6.95. The molecule has 1 aromatic carbocycles. The molecule has 0 bridgehead atoms. The van der Waals surface area contributed by atoms with Crippen LogP contribution in [0.1, 0.15) is 34.6 Å². The minimum absolute atomic E-state index is 0.169. The zero-order chi connectivity index (χ0) is 16.8. The van der Waals surface area contributed by atoms with E-state index in [2.05, 4.69) is 15.5 Å². The molecule has 0 saturated heterocycles. The number of H-pyrrole nitrogens is 1. The quantitative estimate of drug-likeness (QED) is 0.827. The highest BCUT2D eigenvalue weighted by Crippen LogP contribution is 2.45. The molecular weight excluding hydrogens is 327 g/mol. The van der Waals surface area contributed by atoms with Gasteiger partial charge in [0.05, 0.1) is 16.1 Å². The van der Waals surface area contributed by atoms with Crippen LogP contribution in [0, 0.1) is 6.92 Å². The van der Waals surface area contributed by atoms with E-state index in [0.29, 0.717) is 11.4 Å². The van der Waals surface area contributed by atoms with Crippen LogP contribution < -0.4 is 5.32 Å². The maximum atomic E-state index is 12.7. The van der Waals surface area contributed by atoms with E-state index in [4.69, 9.17) is 0 Å². The molecule has 23 heavy (non-hydrogen) atoms. The second kappa shape index (κ2) is 5.59. The number of benzene rings is 1. The van der Waals surface area contributed by atoms with Crippen LogP contribution in [0.25, 0.3) is 0 Å². The van der Waals surface area contributed by atoms with Crippen LogP contribution in [0.5, 0.6) is 0 Å². The highest BCUT2D eigenvalue weighted by atomic mass is 32.2. The first-order valence-corrected chi connectivity index (χ1v) is 7.90. The van der Waals surface area contributed by atoms with Crippen LogP contribution in [-0.4, -0.2) is 21.4 Å². The van der Waals surface area contributed by atoms with Gasteiger partial charge in [0.15, 0.2) is 5.82 Å². The Morgan fingerprint density at radius 2 is 1.87 bits per heavy atom. The van der Waals surface area contributed by atoms with Gasteiger partial charge in [-0.1, -0.05) is 12.1 Å². The normalized spacial score (nSPS) is 21.5. The van der Waals surface area contributed by atoms with Crippen LogP contribution in [0.3, 0.4) is 0 Å². The largest absolute Gasteiger partial charge is 0.416 e. The Hall–Kier alpha value is -1.96. The molecule has 0 spiro atoms. The van der Waals surface area contributed by atoms with E-state index in [-0.39, 0.29) is 16.4 Å². The smallest absolute Gasteiger partial charge is 0.308 e. The van der Waals surface area contributed by atoms with Crippen LogP contribution in [0.15, 0.2) is 24.3 Å². The zero-order valence-electron chi connectivity index (χ0n) is 12.4. The van der Waals surface area contributed by atoms with E-state index in [9.17, 15) is 18.0 Å². The van der Waals surface area contributed by atoms with Gasteiger partial charge < -0.3 is 5.32 Å². The number of nitrogens with one attached hydrogen (secondary N) is 2. The molecule has 2 atom stereocenters. The summed E-state index contributed by atoms with van der Waals surface area (Å²) >= 11 is 1.39. The number of thioether (sulfide) groups is 1. The number of anilines is 1. The molecule has 122 valence electrons. The lowest BCUT2D eigenvalue weighted by Gasteiger charge is -2.18. The molecule has 0 aliphatic carbocycles. The molecule has 1 aliphatic rings. The summed E-state index contributed by atoms with van der Waals surface area (Å²) in [5.74, 6) is 0.270. The molecule has 0 radical (unpaired) electrons. The maximum Gasteiger partial charge on any atom is 0.416 e. The standard InChI is InChI=1S/C15H14F3N3OS/c1-7-11-12(9-3-5-10(6-4-9)15(16,17)18)23-8(2)14(22)19-13(11)21-20-7/h3-6,8,12H,1-2H3,(H2,19,20,21,22)/t8-,12+/m1/s1. The van der Waals surface area contributed by atoms with Crippen molar-refractivity contribution in [3.05, 3.63) is 46.6 Å². The third-order valence-electron chi connectivity index (χ3n) is 3.75. The van der Waals surface area contributed by atoms with Gasteiger partial charge in [0, 0.05) is 11.3 Å². The summed E-state index contributed by atoms with van der Waals surface area (Å²) in [4.78, 5) is 12.0. The number of hydrogen-bond donors (Lipinski definition) is 2. The number of aromatic amines is 1. The Bertz CT molecular complexity index is 739. The van der Waals surface area contributed by atoms with Gasteiger partial charge >= 0.3 is 6.18 Å². The van der Waals surface area contributed by atoms with E-state index >= 15 is 0 Å². The van der Waals surface area contributed by atoms with Crippen molar-refractivity contribution in [3.63, 3.8) is 0 Å². The van der Waals surface area contributed by atoms with Gasteiger partial charge in [-0.05, 0) is 31.5 Å². The average Bonchev–Trinajstić information content (AvgIpc) is 2.78. The van der Waals surface area contributed by atoms with E-state index in [1.165, 1.54) is 23.9 Å². The van der Waals surface area contributed by atoms with Gasteiger partial charge in [-0.2, -0.15) is 18.3 Å². The number of alkyl halides is 3. The van der Waals surface area contributed by atoms with Crippen molar-refractivity contribution in [2.24, 2.45) is 0 Å². The molecule has 0 saturated carbocycles. The summed E-state index contributed by atoms with van der Waals surface area (Å²) in [7, 11) is 0. The molecular formula is C15H14F3N3OS. The molecule has 8 heteroatoms. The first kappa shape index (κ1) is 15.9. The lowest BCUT2D eigenvalue weighted by Crippen LogP contribution is -2.21. The molecule has 0 unspecified atom stereocenters.